The number of nitrogens with two attached hydrogens (primary N) is 1. The van der Waals surface area contributed by atoms with Gasteiger partial charge in [-0.1, -0.05) is 6.07 Å². The van der Waals surface area contributed by atoms with Gasteiger partial charge in [-0.25, -0.2) is 13.6 Å². The van der Waals surface area contributed by atoms with Crippen molar-refractivity contribution in [1.82, 2.24) is 4.90 Å². The number of primary sulfonamides is 1. The second kappa shape index (κ2) is 8.59. The number of carbonyl (C=O) groups is 1. The standard InChI is InChI=1S/C19H24N4O4S/c1-27-17-7-5-16(6-8-17)23-11-9-22(10-12-23)14-19(24)21-15-3-2-4-18(13-15)28(20,25)26/h2-8,13H,9-12,14H2,1H3,(H,21,24)(H2,20,25,26). The lowest BCUT2D eigenvalue weighted by Crippen LogP contribution is -2.48. The molecule has 1 amide bonds. The van der Waals surface area contributed by atoms with Crippen molar-refractivity contribution in [2.24, 2.45) is 5.14 Å². The van der Waals surface area contributed by atoms with E-state index in [2.05, 4.69) is 15.1 Å². The molecule has 1 saturated heterocycles. The lowest BCUT2D eigenvalue weighted by atomic mass is 10.2. The van der Waals surface area contributed by atoms with Crippen LogP contribution in [0.25, 0.3) is 0 Å². The van der Waals surface area contributed by atoms with Gasteiger partial charge >= 0.3 is 0 Å². The summed E-state index contributed by atoms with van der Waals surface area (Å²) >= 11 is 0. The van der Waals surface area contributed by atoms with E-state index in [9.17, 15) is 13.2 Å². The SMILES string of the molecule is COc1ccc(N2CCN(CC(=O)Nc3cccc(S(N)(=O)=O)c3)CC2)cc1. The molecule has 2 aromatic carbocycles. The number of hydrogen-bond donors (Lipinski definition) is 2. The number of sulfonamides is 1. The Morgan fingerprint density at radius 2 is 1.79 bits per heavy atom. The Hall–Kier alpha value is -2.62. The van der Waals surface area contributed by atoms with E-state index in [1.807, 2.05) is 24.3 Å². The van der Waals surface area contributed by atoms with E-state index in [1.54, 1.807) is 19.2 Å². The molecule has 0 spiro atoms. The number of benzene rings is 2. The number of piperazine rings is 1. The maximum absolute atomic E-state index is 12.3. The van der Waals surface area contributed by atoms with Gasteiger partial charge < -0.3 is 15.0 Å². The fourth-order valence-electron chi connectivity index (χ4n) is 3.11. The van der Waals surface area contributed by atoms with Crippen LogP contribution < -0.4 is 20.1 Å². The van der Waals surface area contributed by atoms with Crippen molar-refractivity contribution in [1.29, 1.82) is 0 Å². The fourth-order valence-corrected chi connectivity index (χ4v) is 3.67. The molecule has 28 heavy (non-hydrogen) atoms. The average molecular weight is 404 g/mol. The minimum Gasteiger partial charge on any atom is -0.497 e. The van der Waals surface area contributed by atoms with E-state index in [1.165, 1.54) is 12.1 Å². The van der Waals surface area contributed by atoms with Gasteiger partial charge in [0.1, 0.15) is 5.75 Å². The van der Waals surface area contributed by atoms with E-state index in [4.69, 9.17) is 9.88 Å². The highest BCUT2D eigenvalue weighted by molar-refractivity contribution is 7.89. The smallest absolute Gasteiger partial charge is 0.238 e. The zero-order valence-corrected chi connectivity index (χ0v) is 16.5. The molecule has 0 aromatic heterocycles. The first-order chi connectivity index (χ1) is 13.3. The van der Waals surface area contributed by atoms with Gasteiger partial charge in [-0.15, -0.1) is 0 Å². The Kier molecular flexibility index (Phi) is 6.18. The van der Waals surface area contributed by atoms with Crippen molar-refractivity contribution in [3.8, 4) is 5.75 Å². The third-order valence-electron chi connectivity index (χ3n) is 4.62. The highest BCUT2D eigenvalue weighted by atomic mass is 32.2. The molecule has 3 N–H and O–H groups in total. The summed E-state index contributed by atoms with van der Waals surface area (Å²) < 4.78 is 28.0. The van der Waals surface area contributed by atoms with Crippen LogP contribution in [0.5, 0.6) is 5.75 Å². The first kappa shape index (κ1) is 20.1. The van der Waals surface area contributed by atoms with Gasteiger partial charge in [0, 0.05) is 37.6 Å². The minimum atomic E-state index is -3.80. The number of carbonyl (C=O) groups excluding carboxylic acids is 1. The van der Waals surface area contributed by atoms with Gasteiger partial charge in [0.2, 0.25) is 15.9 Å². The molecular formula is C19H24N4O4S. The summed E-state index contributed by atoms with van der Waals surface area (Å²) in [6, 6.07) is 13.9. The van der Waals surface area contributed by atoms with Crippen molar-refractivity contribution in [2.75, 3.05) is 50.1 Å². The average Bonchev–Trinajstić information content (AvgIpc) is 2.68. The van der Waals surface area contributed by atoms with E-state index in [-0.39, 0.29) is 17.3 Å². The normalized spacial score (nSPS) is 15.3. The summed E-state index contributed by atoms with van der Waals surface area (Å²) in [5.74, 6) is 0.634. The summed E-state index contributed by atoms with van der Waals surface area (Å²) in [4.78, 5) is 16.6. The summed E-state index contributed by atoms with van der Waals surface area (Å²) in [6.45, 7) is 3.41. The Balaban J connectivity index is 1.51. The summed E-state index contributed by atoms with van der Waals surface area (Å²) in [5.41, 5.74) is 1.54. The van der Waals surface area contributed by atoms with Gasteiger partial charge in [0.25, 0.3) is 0 Å². The molecule has 0 bridgehead atoms. The van der Waals surface area contributed by atoms with Gasteiger partial charge in [-0.05, 0) is 42.5 Å². The summed E-state index contributed by atoms with van der Waals surface area (Å²) in [5, 5.41) is 7.85. The Bertz CT molecular complexity index is 923. The summed E-state index contributed by atoms with van der Waals surface area (Å²) in [6.07, 6.45) is 0. The van der Waals surface area contributed by atoms with Crippen molar-refractivity contribution in [2.45, 2.75) is 4.90 Å². The summed E-state index contributed by atoms with van der Waals surface area (Å²) in [7, 11) is -2.16. The third kappa shape index (κ3) is 5.22. The molecule has 2 aromatic rings. The Morgan fingerprint density at radius 3 is 2.39 bits per heavy atom. The van der Waals surface area contributed by atoms with Crippen molar-refractivity contribution in [3.63, 3.8) is 0 Å². The second-order valence-electron chi connectivity index (χ2n) is 6.58. The highest BCUT2D eigenvalue weighted by Crippen LogP contribution is 2.20. The molecule has 1 aliphatic rings. The molecule has 1 heterocycles. The molecule has 3 rings (SSSR count). The molecule has 150 valence electrons. The minimum absolute atomic E-state index is 0.0293. The van der Waals surface area contributed by atoms with Crippen molar-refractivity contribution < 1.29 is 17.9 Å². The topological polar surface area (TPSA) is 105 Å². The van der Waals surface area contributed by atoms with Crippen LogP contribution in [0.4, 0.5) is 11.4 Å². The molecule has 0 radical (unpaired) electrons. The number of nitrogens with zero attached hydrogens (tertiary/aromatic N) is 2. The second-order valence-corrected chi connectivity index (χ2v) is 8.14. The number of amides is 1. The van der Waals surface area contributed by atoms with Gasteiger partial charge in [-0.3, -0.25) is 9.69 Å². The predicted molar refractivity (Wildman–Crippen MR) is 108 cm³/mol. The highest BCUT2D eigenvalue weighted by Gasteiger charge is 2.19. The largest absolute Gasteiger partial charge is 0.497 e. The monoisotopic (exact) mass is 404 g/mol. The number of nitrogens with one attached hydrogen (secondary N) is 1. The van der Waals surface area contributed by atoms with E-state index in [0.717, 1.165) is 37.6 Å². The van der Waals surface area contributed by atoms with Gasteiger partial charge in [-0.2, -0.15) is 0 Å². The predicted octanol–water partition coefficient (Wildman–Crippen LogP) is 1.10. The van der Waals surface area contributed by atoms with Crippen LogP contribution >= 0.6 is 0 Å². The van der Waals surface area contributed by atoms with Crippen LogP contribution in [0.15, 0.2) is 53.4 Å². The maximum atomic E-state index is 12.3. The van der Waals surface area contributed by atoms with Crippen LogP contribution in [0.2, 0.25) is 0 Å². The van der Waals surface area contributed by atoms with Crippen LogP contribution in [-0.4, -0.2) is 59.1 Å². The lowest BCUT2D eigenvalue weighted by Gasteiger charge is -2.35. The molecule has 0 unspecified atom stereocenters. The maximum Gasteiger partial charge on any atom is 0.238 e. The fraction of sp³-hybridized carbons (Fsp3) is 0.316. The van der Waals surface area contributed by atoms with Crippen LogP contribution in [0.3, 0.4) is 0 Å². The molecule has 0 saturated carbocycles. The zero-order valence-electron chi connectivity index (χ0n) is 15.7. The molecular weight excluding hydrogens is 380 g/mol. The number of anilines is 2. The molecule has 9 heteroatoms. The van der Waals surface area contributed by atoms with E-state index >= 15 is 0 Å². The number of ether oxygens (including phenoxy) is 1. The quantitative estimate of drug-likeness (QED) is 0.747. The van der Waals surface area contributed by atoms with Gasteiger partial charge in [0.15, 0.2) is 0 Å². The molecule has 1 fully saturated rings. The van der Waals surface area contributed by atoms with E-state index < -0.39 is 10.0 Å². The first-order valence-electron chi connectivity index (χ1n) is 8.89. The van der Waals surface area contributed by atoms with Crippen molar-refractivity contribution >= 4 is 27.3 Å². The van der Waals surface area contributed by atoms with Crippen LogP contribution in [-0.2, 0) is 14.8 Å². The van der Waals surface area contributed by atoms with Crippen molar-refractivity contribution in [3.05, 3.63) is 48.5 Å². The number of hydrogen-bond acceptors (Lipinski definition) is 6. The van der Waals surface area contributed by atoms with E-state index in [0.29, 0.717) is 5.69 Å². The molecule has 1 aliphatic heterocycles. The van der Waals surface area contributed by atoms with Crippen LogP contribution in [0.1, 0.15) is 0 Å². The number of methoxy groups -OCH3 is 1. The molecule has 0 atom stereocenters. The Labute approximate surface area is 164 Å². The third-order valence-corrected chi connectivity index (χ3v) is 5.53. The molecule has 0 aliphatic carbocycles. The van der Waals surface area contributed by atoms with Gasteiger partial charge in [0.05, 0.1) is 18.6 Å². The molecule has 8 nitrogen and oxygen atoms in total. The number of rotatable bonds is 6. The van der Waals surface area contributed by atoms with Crippen LogP contribution in [0, 0.1) is 0 Å². The first-order valence-corrected chi connectivity index (χ1v) is 10.4. The zero-order chi connectivity index (χ0) is 20.1. The lowest BCUT2D eigenvalue weighted by molar-refractivity contribution is -0.117. The Morgan fingerprint density at radius 1 is 1.11 bits per heavy atom.